The first-order chi connectivity index (χ1) is 8.77. The number of carbonyl (C=O) groups is 2. The fourth-order valence-corrected chi connectivity index (χ4v) is 1.09. The molecule has 0 spiro atoms. The second-order valence-electron chi connectivity index (χ2n) is 3.89. The van der Waals surface area contributed by atoms with Crippen LogP contribution in [-0.2, 0) is 4.79 Å². The van der Waals surface area contributed by atoms with Gasteiger partial charge < -0.3 is 16.0 Å². The molecule has 19 heavy (non-hydrogen) atoms. The highest BCUT2D eigenvalue weighted by Crippen LogP contribution is 2.19. The third-order valence-corrected chi connectivity index (χ3v) is 2.63. The number of amides is 3. The summed E-state index contributed by atoms with van der Waals surface area (Å²) in [6.07, 6.45) is 0. The Morgan fingerprint density at radius 2 is 1.89 bits per heavy atom. The number of nitrogens with one attached hydrogen (secondary N) is 1. The fraction of sp³-hybridized carbons (Fsp3) is 0.333. The van der Waals surface area contributed by atoms with E-state index >= 15 is 0 Å². The number of rotatable bonds is 2. The van der Waals surface area contributed by atoms with E-state index in [1.807, 2.05) is 19.1 Å². The first kappa shape index (κ1) is 17.5. The molecule has 1 aromatic rings. The molecule has 0 saturated heterocycles. The number of hydrogen-bond acceptors (Lipinski definition) is 2. The van der Waals surface area contributed by atoms with Crippen molar-refractivity contribution in [3.8, 4) is 0 Å². The molecule has 5 nitrogen and oxygen atoms in total. The topological polar surface area (TPSA) is 75.4 Å². The zero-order chi connectivity index (χ0) is 15.0. The van der Waals surface area contributed by atoms with Crippen LogP contribution in [0.3, 0.4) is 0 Å². The Labute approximate surface area is 122 Å². The number of carbonyl (C=O) groups excluding carboxylic acids is 2. The van der Waals surface area contributed by atoms with Gasteiger partial charge in [-0.05, 0) is 24.6 Å². The van der Waals surface area contributed by atoms with E-state index < -0.39 is 5.91 Å². The Morgan fingerprint density at radius 1 is 1.37 bits per heavy atom. The number of benzene rings is 1. The van der Waals surface area contributed by atoms with Gasteiger partial charge in [0.2, 0.25) is 5.91 Å². The lowest BCUT2D eigenvalue weighted by atomic mass is 10.2. The van der Waals surface area contributed by atoms with Crippen molar-refractivity contribution >= 4 is 40.8 Å². The van der Waals surface area contributed by atoms with Crippen molar-refractivity contribution in [1.29, 1.82) is 0 Å². The molecule has 7 heteroatoms. The molecule has 0 aliphatic heterocycles. The molecular weight excluding hydrogens is 289 g/mol. The number of aryl methyl sites for hydroxylation is 1. The first-order valence-electron chi connectivity index (χ1n) is 5.36. The monoisotopic (exact) mass is 305 g/mol. The summed E-state index contributed by atoms with van der Waals surface area (Å²) < 4.78 is 0. The zero-order valence-electron chi connectivity index (χ0n) is 11.0. The highest BCUT2D eigenvalue weighted by molar-refractivity contribution is 6.31. The molecule has 1 rings (SSSR count). The van der Waals surface area contributed by atoms with Gasteiger partial charge in [0.05, 0.1) is 0 Å². The van der Waals surface area contributed by atoms with E-state index in [0.717, 1.165) is 5.56 Å². The third-order valence-electron chi connectivity index (χ3n) is 1.96. The summed E-state index contributed by atoms with van der Waals surface area (Å²) in [5.74, 6) is -0.563. The maximum absolute atomic E-state index is 11.3. The minimum Gasteiger partial charge on any atom is -0.369 e. The number of urea groups is 1. The Balaban J connectivity index is 0.000000555. The molecule has 3 N–H and O–H groups in total. The number of alkyl halides is 1. The van der Waals surface area contributed by atoms with Gasteiger partial charge in [0.1, 0.15) is 5.88 Å². The van der Waals surface area contributed by atoms with E-state index in [1.54, 1.807) is 20.2 Å². The van der Waals surface area contributed by atoms with Crippen LogP contribution in [0.15, 0.2) is 18.2 Å². The summed E-state index contributed by atoms with van der Waals surface area (Å²) in [6.45, 7) is 1.92. The van der Waals surface area contributed by atoms with Crippen LogP contribution in [0.25, 0.3) is 0 Å². The molecule has 106 valence electrons. The molecule has 3 amide bonds. The average Bonchev–Trinajstić information content (AvgIpc) is 2.34. The highest BCUT2D eigenvalue weighted by atomic mass is 35.5. The maximum atomic E-state index is 11.3. The molecule has 0 fully saturated rings. The summed E-state index contributed by atoms with van der Waals surface area (Å²) in [4.78, 5) is 22.2. The summed E-state index contributed by atoms with van der Waals surface area (Å²) >= 11 is 10.8. The largest absolute Gasteiger partial charge is 0.369 e. The van der Waals surface area contributed by atoms with Gasteiger partial charge in [-0.25, -0.2) is 4.79 Å². The summed E-state index contributed by atoms with van der Waals surface area (Å²) in [7, 11) is 3.37. The minimum atomic E-state index is -0.480. The van der Waals surface area contributed by atoms with E-state index in [2.05, 4.69) is 11.1 Å². The number of anilines is 1. The molecule has 0 unspecified atom stereocenters. The maximum Gasteiger partial charge on any atom is 0.321 e. The minimum absolute atomic E-state index is 0.0833. The SMILES string of the molecule is Cc1ccc(NC(=O)N(C)C)cc1Cl.NC(=O)CCl. The van der Waals surface area contributed by atoms with Gasteiger partial charge in [0.25, 0.3) is 0 Å². The predicted octanol–water partition coefficient (Wildman–Crippen LogP) is 2.45. The number of hydrogen-bond donors (Lipinski definition) is 2. The molecular formula is C12H17Cl2N3O2. The lowest BCUT2D eigenvalue weighted by Gasteiger charge is -2.12. The van der Waals surface area contributed by atoms with E-state index in [4.69, 9.17) is 23.2 Å². The predicted molar refractivity (Wildman–Crippen MR) is 78.8 cm³/mol. The molecule has 0 aliphatic rings. The van der Waals surface area contributed by atoms with Crippen molar-refractivity contribution in [3.63, 3.8) is 0 Å². The van der Waals surface area contributed by atoms with Crippen molar-refractivity contribution < 1.29 is 9.59 Å². The van der Waals surface area contributed by atoms with Gasteiger partial charge in [0, 0.05) is 24.8 Å². The van der Waals surface area contributed by atoms with Crippen molar-refractivity contribution in [1.82, 2.24) is 4.90 Å². The lowest BCUT2D eigenvalue weighted by molar-refractivity contribution is -0.115. The molecule has 0 radical (unpaired) electrons. The fourth-order valence-electron chi connectivity index (χ4n) is 0.906. The van der Waals surface area contributed by atoms with Crippen molar-refractivity contribution in [2.45, 2.75) is 6.92 Å². The standard InChI is InChI=1S/C10H13ClN2O.C2H4ClNO/c1-7-4-5-8(6-9(7)11)12-10(14)13(2)3;3-1-2(4)5/h4-6H,1-3H3,(H,12,14);1H2,(H2,4,5). The van der Waals surface area contributed by atoms with E-state index in [1.165, 1.54) is 4.90 Å². The lowest BCUT2D eigenvalue weighted by Crippen LogP contribution is -2.27. The van der Waals surface area contributed by atoms with Crippen LogP contribution in [0, 0.1) is 6.92 Å². The quantitative estimate of drug-likeness (QED) is 0.824. The van der Waals surface area contributed by atoms with Gasteiger partial charge in [-0.2, -0.15) is 0 Å². The van der Waals surface area contributed by atoms with Crippen LogP contribution in [0.5, 0.6) is 0 Å². The van der Waals surface area contributed by atoms with Gasteiger partial charge in [-0.3, -0.25) is 4.79 Å². The first-order valence-corrected chi connectivity index (χ1v) is 6.28. The molecule has 1 aromatic carbocycles. The second kappa shape index (κ2) is 8.61. The van der Waals surface area contributed by atoms with Crippen molar-refractivity contribution in [2.75, 3.05) is 25.3 Å². The van der Waals surface area contributed by atoms with Gasteiger partial charge in [0.15, 0.2) is 0 Å². The summed E-state index contributed by atoms with van der Waals surface area (Å²) in [5, 5.41) is 3.37. The van der Waals surface area contributed by atoms with Gasteiger partial charge >= 0.3 is 6.03 Å². The molecule has 0 atom stereocenters. The Bertz CT molecular complexity index is 451. The average molecular weight is 306 g/mol. The molecule has 0 aliphatic carbocycles. The van der Waals surface area contributed by atoms with E-state index in [0.29, 0.717) is 10.7 Å². The summed E-state index contributed by atoms with van der Waals surface area (Å²) in [5.41, 5.74) is 6.22. The smallest absolute Gasteiger partial charge is 0.321 e. The van der Waals surface area contributed by atoms with Crippen LogP contribution >= 0.6 is 23.2 Å². The normalized spacial score (nSPS) is 9.11. The van der Waals surface area contributed by atoms with Crippen LogP contribution in [-0.4, -0.2) is 36.8 Å². The van der Waals surface area contributed by atoms with Crippen LogP contribution in [0.4, 0.5) is 10.5 Å². The van der Waals surface area contributed by atoms with Gasteiger partial charge in [-0.15, -0.1) is 11.6 Å². The number of nitrogens with two attached hydrogens (primary N) is 1. The van der Waals surface area contributed by atoms with E-state index in [9.17, 15) is 9.59 Å². The molecule has 0 aromatic heterocycles. The van der Waals surface area contributed by atoms with Crippen molar-refractivity contribution in [3.05, 3.63) is 28.8 Å². The van der Waals surface area contributed by atoms with Crippen LogP contribution in [0.2, 0.25) is 5.02 Å². The third kappa shape index (κ3) is 7.54. The Morgan fingerprint density at radius 3 is 2.26 bits per heavy atom. The Kier molecular flexibility index (Phi) is 7.95. The van der Waals surface area contributed by atoms with E-state index in [-0.39, 0.29) is 11.9 Å². The number of halogens is 2. The Hall–Kier alpha value is -1.46. The van der Waals surface area contributed by atoms with Crippen molar-refractivity contribution in [2.24, 2.45) is 5.73 Å². The highest BCUT2D eigenvalue weighted by Gasteiger charge is 2.04. The molecule has 0 saturated carbocycles. The molecule has 0 heterocycles. The summed E-state index contributed by atoms with van der Waals surface area (Å²) in [6, 6.07) is 5.26. The number of nitrogens with zero attached hydrogens (tertiary/aromatic N) is 1. The zero-order valence-corrected chi connectivity index (χ0v) is 12.5. The molecule has 0 bridgehead atoms. The second-order valence-corrected chi connectivity index (χ2v) is 4.56. The van der Waals surface area contributed by atoms with Crippen LogP contribution < -0.4 is 11.1 Å². The van der Waals surface area contributed by atoms with Crippen LogP contribution in [0.1, 0.15) is 5.56 Å². The number of primary amides is 1. The van der Waals surface area contributed by atoms with Gasteiger partial charge in [-0.1, -0.05) is 17.7 Å².